The second-order valence-corrected chi connectivity index (χ2v) is 9.35. The topological polar surface area (TPSA) is 94.6 Å². The van der Waals surface area contributed by atoms with Crippen LogP contribution in [0.25, 0.3) is 0 Å². The van der Waals surface area contributed by atoms with Crippen LogP contribution in [0, 0.1) is 0 Å². The second kappa shape index (κ2) is 15.0. The molecule has 1 atom stereocenters. The van der Waals surface area contributed by atoms with Gasteiger partial charge in [0.2, 0.25) is 0 Å². The fraction of sp³-hybridized carbons (Fsp3) is 0.500. The summed E-state index contributed by atoms with van der Waals surface area (Å²) in [5.41, 5.74) is 1.79. The van der Waals surface area contributed by atoms with Crippen molar-refractivity contribution >= 4 is 51.2 Å². The van der Waals surface area contributed by atoms with Gasteiger partial charge in [-0.05, 0) is 30.2 Å². The first kappa shape index (κ1) is 26.1. The molecule has 164 valence electrons. The highest BCUT2D eigenvalue weighted by molar-refractivity contribution is 8.77. The number of rotatable bonds is 16. The summed E-state index contributed by atoms with van der Waals surface area (Å²) in [6, 6.07) is 7.38. The van der Waals surface area contributed by atoms with Crippen molar-refractivity contribution in [2.24, 2.45) is 0 Å². The third kappa shape index (κ3) is 10.7. The zero-order chi connectivity index (χ0) is 22.4. The van der Waals surface area contributed by atoms with E-state index in [0.717, 1.165) is 21.9 Å². The lowest BCUT2D eigenvalue weighted by Crippen LogP contribution is -2.24. The van der Waals surface area contributed by atoms with Crippen molar-refractivity contribution in [1.82, 2.24) is 0 Å². The van der Waals surface area contributed by atoms with Crippen LogP contribution < -0.4 is 0 Å². The number of hydrogen-bond donors (Lipinski definition) is 0. The van der Waals surface area contributed by atoms with Crippen molar-refractivity contribution in [3.63, 3.8) is 0 Å². The van der Waals surface area contributed by atoms with Crippen LogP contribution in [0.5, 0.6) is 0 Å². The summed E-state index contributed by atoms with van der Waals surface area (Å²) in [5.74, 6) is -0.637. The number of esters is 1. The van der Waals surface area contributed by atoms with Crippen molar-refractivity contribution in [2.45, 2.75) is 57.1 Å². The van der Waals surface area contributed by atoms with E-state index in [1.54, 1.807) is 6.26 Å². The molecule has 0 spiro atoms. The summed E-state index contributed by atoms with van der Waals surface area (Å²) in [4.78, 5) is 57.7. The number of aldehydes is 1. The van der Waals surface area contributed by atoms with Crippen LogP contribution in [-0.4, -0.2) is 47.7 Å². The Balaban J connectivity index is 2.35. The van der Waals surface area contributed by atoms with Gasteiger partial charge in [0.15, 0.2) is 11.0 Å². The van der Waals surface area contributed by atoms with E-state index in [4.69, 9.17) is 4.74 Å². The molecule has 0 saturated heterocycles. The maximum absolute atomic E-state index is 12.0. The summed E-state index contributed by atoms with van der Waals surface area (Å²) in [7, 11) is 2.36. The molecule has 6 nitrogen and oxygen atoms in total. The smallest absolute Gasteiger partial charge is 0.327 e. The summed E-state index contributed by atoms with van der Waals surface area (Å²) in [6.45, 7) is 1.46. The van der Waals surface area contributed by atoms with Gasteiger partial charge in [-0.15, -0.1) is 0 Å². The van der Waals surface area contributed by atoms with E-state index < -0.39 is 11.2 Å². The lowest BCUT2D eigenvalue weighted by Gasteiger charge is -2.08. The van der Waals surface area contributed by atoms with Gasteiger partial charge in [0, 0.05) is 32.1 Å². The molecule has 0 N–H and O–H groups in total. The Hall–Kier alpha value is -1.93. The third-order valence-electron chi connectivity index (χ3n) is 4.35. The number of ketones is 3. The van der Waals surface area contributed by atoms with Gasteiger partial charge in [0.25, 0.3) is 0 Å². The molecule has 0 heterocycles. The van der Waals surface area contributed by atoms with Crippen LogP contribution >= 0.6 is 21.6 Å². The van der Waals surface area contributed by atoms with Crippen molar-refractivity contribution in [2.75, 3.05) is 12.9 Å². The average Bonchev–Trinajstić information content (AvgIpc) is 2.75. The molecule has 0 aliphatic heterocycles. The van der Waals surface area contributed by atoms with Gasteiger partial charge in [0.05, 0.1) is 0 Å². The molecule has 0 saturated carbocycles. The predicted molar refractivity (Wildman–Crippen MR) is 120 cm³/mol. The SMILES string of the molecule is CCC(=O)CCCC(=O)CCc1ccc(CC(=O)COC(=O)C(C=O)SSC)cc1. The summed E-state index contributed by atoms with van der Waals surface area (Å²) >= 11 is 0. The molecule has 1 aromatic rings. The van der Waals surface area contributed by atoms with Gasteiger partial charge in [-0.1, -0.05) is 52.8 Å². The monoisotopic (exact) mass is 452 g/mol. The Kier molecular flexibility index (Phi) is 13.0. The van der Waals surface area contributed by atoms with Gasteiger partial charge in [-0.25, -0.2) is 0 Å². The van der Waals surface area contributed by atoms with E-state index in [0.29, 0.717) is 44.8 Å². The molecule has 0 amide bonds. The maximum atomic E-state index is 12.0. The van der Waals surface area contributed by atoms with Crippen molar-refractivity contribution in [3.05, 3.63) is 35.4 Å². The van der Waals surface area contributed by atoms with Gasteiger partial charge < -0.3 is 9.53 Å². The Bertz CT molecular complexity index is 730. The van der Waals surface area contributed by atoms with Crippen molar-refractivity contribution in [1.29, 1.82) is 0 Å². The molecule has 1 rings (SSSR count). The quantitative estimate of drug-likeness (QED) is 0.163. The van der Waals surface area contributed by atoms with E-state index in [9.17, 15) is 24.0 Å². The van der Waals surface area contributed by atoms with Crippen LogP contribution in [-0.2, 0) is 41.6 Å². The number of aryl methyl sites for hydroxylation is 1. The van der Waals surface area contributed by atoms with Crippen LogP contribution in [0.3, 0.4) is 0 Å². The Labute approximate surface area is 185 Å². The van der Waals surface area contributed by atoms with Crippen molar-refractivity contribution in [3.8, 4) is 0 Å². The van der Waals surface area contributed by atoms with Crippen molar-refractivity contribution < 1.29 is 28.7 Å². The van der Waals surface area contributed by atoms with E-state index in [-0.39, 0.29) is 30.4 Å². The largest absolute Gasteiger partial charge is 0.456 e. The minimum atomic E-state index is -0.929. The van der Waals surface area contributed by atoms with Crippen LogP contribution in [0.2, 0.25) is 0 Å². The molecular formula is C22H28O6S2. The molecule has 0 aliphatic rings. The molecule has 8 heteroatoms. The lowest BCUT2D eigenvalue weighted by atomic mass is 10.0. The lowest BCUT2D eigenvalue weighted by molar-refractivity contribution is -0.147. The first-order valence-corrected chi connectivity index (χ1v) is 12.5. The average molecular weight is 453 g/mol. The fourth-order valence-corrected chi connectivity index (χ4v) is 4.02. The van der Waals surface area contributed by atoms with Gasteiger partial charge in [0.1, 0.15) is 24.5 Å². The predicted octanol–water partition coefficient (Wildman–Crippen LogP) is 3.57. The molecule has 30 heavy (non-hydrogen) atoms. The van der Waals surface area contributed by atoms with E-state index >= 15 is 0 Å². The van der Waals surface area contributed by atoms with E-state index in [1.165, 1.54) is 10.8 Å². The second-order valence-electron chi connectivity index (χ2n) is 6.74. The summed E-state index contributed by atoms with van der Waals surface area (Å²) in [5, 5.41) is -0.929. The molecule has 0 fully saturated rings. The number of Topliss-reactive ketones (excluding diaryl/α,β-unsaturated/α-hetero) is 3. The molecule has 0 aliphatic carbocycles. The zero-order valence-corrected chi connectivity index (χ0v) is 19.0. The minimum absolute atomic E-state index is 0.124. The van der Waals surface area contributed by atoms with E-state index in [2.05, 4.69) is 0 Å². The highest BCUT2D eigenvalue weighted by atomic mass is 33.1. The molecule has 0 bridgehead atoms. The van der Waals surface area contributed by atoms with Gasteiger partial charge >= 0.3 is 5.97 Å². The molecule has 0 aromatic heterocycles. The highest BCUT2D eigenvalue weighted by Crippen LogP contribution is 2.23. The first-order valence-electron chi connectivity index (χ1n) is 9.83. The Morgan fingerprint density at radius 1 is 0.967 bits per heavy atom. The molecule has 0 radical (unpaired) electrons. The van der Waals surface area contributed by atoms with Gasteiger partial charge in [-0.3, -0.25) is 19.2 Å². The number of carbonyl (C=O) groups excluding carboxylic acids is 5. The Morgan fingerprint density at radius 2 is 1.60 bits per heavy atom. The maximum Gasteiger partial charge on any atom is 0.327 e. The van der Waals surface area contributed by atoms with E-state index in [1.807, 2.05) is 31.2 Å². The number of benzene rings is 1. The summed E-state index contributed by atoms with van der Waals surface area (Å²) in [6.07, 6.45) is 5.44. The molecule has 1 aromatic carbocycles. The molecular weight excluding hydrogens is 424 g/mol. The standard InChI is InChI=1S/C22H28O6S2/c1-3-18(24)5-4-6-19(25)12-11-16-7-9-17(10-8-16)13-20(26)15-28-22(27)21(14-23)30-29-2/h7-10,14,21H,3-6,11-13,15H2,1-2H3. The number of ether oxygens (including phenoxy) is 1. The zero-order valence-electron chi connectivity index (χ0n) is 17.4. The number of carbonyl (C=O) groups is 5. The number of hydrogen-bond acceptors (Lipinski definition) is 8. The summed E-state index contributed by atoms with van der Waals surface area (Å²) < 4.78 is 4.91. The van der Waals surface area contributed by atoms with Crippen LogP contribution in [0.15, 0.2) is 24.3 Å². The molecule has 1 unspecified atom stereocenters. The first-order chi connectivity index (χ1) is 14.4. The fourth-order valence-electron chi connectivity index (χ4n) is 2.63. The van der Waals surface area contributed by atoms with Gasteiger partial charge in [-0.2, -0.15) is 0 Å². The van der Waals surface area contributed by atoms with Crippen LogP contribution in [0.1, 0.15) is 50.2 Å². The highest BCUT2D eigenvalue weighted by Gasteiger charge is 2.20. The van der Waals surface area contributed by atoms with Crippen LogP contribution in [0.4, 0.5) is 0 Å². The minimum Gasteiger partial charge on any atom is -0.456 e. The third-order valence-corrected chi connectivity index (χ3v) is 6.26. The normalized spacial score (nSPS) is 11.5. The Morgan fingerprint density at radius 3 is 2.20 bits per heavy atom.